The lowest BCUT2D eigenvalue weighted by atomic mass is 10.0. The van der Waals surface area contributed by atoms with Gasteiger partial charge < -0.3 is 9.32 Å². The molecule has 0 spiro atoms. The Labute approximate surface area is 136 Å². The van der Waals surface area contributed by atoms with Crippen LogP contribution in [0.5, 0.6) is 0 Å². The number of amides is 3. The fraction of sp³-hybridized carbons (Fsp3) is 0.545. The Balaban J connectivity index is 1.58. The van der Waals surface area contributed by atoms with Gasteiger partial charge in [-0.05, 0) is 12.8 Å². The van der Waals surface area contributed by atoms with E-state index in [1.807, 2.05) is 0 Å². The zero-order valence-corrected chi connectivity index (χ0v) is 13.0. The highest BCUT2D eigenvalue weighted by Crippen LogP contribution is 2.30. The normalized spacial score (nSPS) is 23.6. The number of hydrogen-bond donors (Lipinski definition) is 2. The predicted molar refractivity (Wildman–Crippen MR) is 72.8 cm³/mol. The van der Waals surface area contributed by atoms with Gasteiger partial charge in [0.2, 0.25) is 0 Å². The molecule has 3 amide bonds. The maximum atomic E-state index is 12.2. The largest absolute Gasteiger partial charge is 0.451 e. The lowest BCUT2D eigenvalue weighted by molar-refractivity contribution is -0.140. The summed E-state index contributed by atoms with van der Waals surface area (Å²) in [5.41, 5.74) is 2.69. The van der Waals surface area contributed by atoms with Crippen LogP contribution in [-0.4, -0.2) is 58.5 Å². The fourth-order valence-corrected chi connectivity index (χ4v) is 3.05. The highest BCUT2D eigenvalue weighted by Gasteiger charge is 2.49. The second-order valence-electron chi connectivity index (χ2n) is 5.24. The van der Waals surface area contributed by atoms with Gasteiger partial charge in [0, 0.05) is 6.54 Å². The van der Waals surface area contributed by atoms with Gasteiger partial charge in [-0.25, -0.2) is 15.3 Å². The van der Waals surface area contributed by atoms with Crippen molar-refractivity contribution < 1.29 is 36.1 Å². The molecule has 2 saturated heterocycles. The number of rotatable bonds is 6. The van der Waals surface area contributed by atoms with Gasteiger partial charge in [-0.15, -0.1) is 4.28 Å². The third kappa shape index (κ3) is 3.48. The summed E-state index contributed by atoms with van der Waals surface area (Å²) in [6, 6.07) is -2.20. The Morgan fingerprint density at radius 3 is 2.96 bits per heavy atom. The molecule has 2 aliphatic rings. The SMILES string of the molecule is O=C(NOCc1cocn1)[C@@H]1CCC2CN1C(=O)N2OS(=O)(=O)O. The van der Waals surface area contributed by atoms with Gasteiger partial charge in [-0.1, -0.05) is 0 Å². The first-order chi connectivity index (χ1) is 11.3. The van der Waals surface area contributed by atoms with Gasteiger partial charge >= 0.3 is 16.4 Å². The zero-order chi connectivity index (χ0) is 17.3. The van der Waals surface area contributed by atoms with E-state index < -0.39 is 34.4 Å². The number of nitrogens with zero attached hydrogens (tertiary/aromatic N) is 3. The molecule has 3 rings (SSSR count). The summed E-state index contributed by atoms with van der Waals surface area (Å²) >= 11 is 0. The average molecular weight is 362 g/mol. The zero-order valence-electron chi connectivity index (χ0n) is 12.2. The number of nitrogens with one attached hydrogen (secondary N) is 1. The predicted octanol–water partition coefficient (Wildman–Crippen LogP) is -0.775. The van der Waals surface area contributed by atoms with Crippen molar-refractivity contribution in [2.75, 3.05) is 6.54 Å². The van der Waals surface area contributed by atoms with Gasteiger partial charge in [0.05, 0.1) is 6.04 Å². The van der Waals surface area contributed by atoms with Crippen LogP contribution in [0.4, 0.5) is 4.79 Å². The van der Waals surface area contributed by atoms with Crippen LogP contribution in [0.1, 0.15) is 18.5 Å². The van der Waals surface area contributed by atoms with Crippen molar-refractivity contribution in [1.82, 2.24) is 20.4 Å². The van der Waals surface area contributed by atoms with E-state index in [0.29, 0.717) is 23.6 Å². The van der Waals surface area contributed by atoms with Gasteiger partial charge in [0.15, 0.2) is 6.39 Å². The van der Waals surface area contributed by atoms with Crippen molar-refractivity contribution >= 4 is 22.3 Å². The van der Waals surface area contributed by atoms with E-state index >= 15 is 0 Å². The molecule has 132 valence electrons. The van der Waals surface area contributed by atoms with Crippen molar-refractivity contribution in [2.24, 2.45) is 0 Å². The number of urea groups is 1. The molecule has 2 bridgehead atoms. The molecule has 1 aromatic rings. The third-order valence-corrected chi connectivity index (χ3v) is 4.03. The molecule has 0 saturated carbocycles. The first-order valence-electron chi connectivity index (χ1n) is 6.90. The summed E-state index contributed by atoms with van der Waals surface area (Å²) in [7, 11) is -4.82. The van der Waals surface area contributed by atoms with Crippen molar-refractivity contribution in [3.8, 4) is 0 Å². The monoisotopic (exact) mass is 362 g/mol. The molecule has 3 heterocycles. The number of hydroxylamine groups is 3. The first kappa shape index (κ1) is 16.6. The van der Waals surface area contributed by atoms with E-state index in [1.165, 1.54) is 12.7 Å². The standard InChI is InChI=1S/C11H14N4O8S/c16-10(13-22-5-7-4-21-6-12-7)9-2-1-8-3-14(9)11(17)15(8)23-24(18,19)20/h4,6,8-9H,1-3,5H2,(H,13,16)(H,18,19,20)/t8?,9-/m0/s1. The minimum absolute atomic E-state index is 0.0104. The van der Waals surface area contributed by atoms with E-state index in [2.05, 4.69) is 14.7 Å². The highest BCUT2D eigenvalue weighted by molar-refractivity contribution is 7.80. The Bertz CT molecular complexity index is 720. The first-order valence-corrected chi connectivity index (χ1v) is 8.27. The van der Waals surface area contributed by atoms with E-state index in [4.69, 9.17) is 13.8 Å². The molecule has 2 N–H and O–H groups in total. The lowest BCUT2D eigenvalue weighted by Crippen LogP contribution is -2.49. The molecule has 24 heavy (non-hydrogen) atoms. The van der Waals surface area contributed by atoms with Crippen molar-refractivity contribution in [3.05, 3.63) is 18.4 Å². The number of oxazole rings is 1. The minimum atomic E-state index is -4.82. The van der Waals surface area contributed by atoms with Crippen molar-refractivity contribution in [3.63, 3.8) is 0 Å². The Kier molecular flexibility index (Phi) is 4.40. The second-order valence-corrected chi connectivity index (χ2v) is 6.25. The number of hydrogen-bond acceptors (Lipinski definition) is 8. The summed E-state index contributed by atoms with van der Waals surface area (Å²) in [6.45, 7) is 0.0965. The van der Waals surface area contributed by atoms with Crippen LogP contribution in [0.2, 0.25) is 0 Å². The Morgan fingerprint density at radius 2 is 2.29 bits per heavy atom. The molecular formula is C11H14N4O8S. The second kappa shape index (κ2) is 6.35. The van der Waals surface area contributed by atoms with Crippen LogP contribution in [0.25, 0.3) is 0 Å². The molecule has 1 aromatic heterocycles. The molecule has 12 nitrogen and oxygen atoms in total. The maximum Gasteiger partial charge on any atom is 0.418 e. The molecule has 0 aromatic carbocycles. The molecule has 2 fully saturated rings. The maximum absolute atomic E-state index is 12.2. The van der Waals surface area contributed by atoms with Gasteiger partial charge in [0.1, 0.15) is 24.6 Å². The summed E-state index contributed by atoms with van der Waals surface area (Å²) in [4.78, 5) is 34.3. The molecule has 2 aliphatic heterocycles. The van der Waals surface area contributed by atoms with E-state index in [0.717, 1.165) is 4.90 Å². The van der Waals surface area contributed by atoms with Gasteiger partial charge in [0.25, 0.3) is 5.91 Å². The summed E-state index contributed by atoms with van der Waals surface area (Å²) < 4.78 is 39.3. The van der Waals surface area contributed by atoms with Crippen molar-refractivity contribution in [1.29, 1.82) is 0 Å². The lowest BCUT2D eigenvalue weighted by Gasteiger charge is -2.28. The molecule has 0 radical (unpaired) electrons. The quantitative estimate of drug-likeness (QED) is 0.490. The smallest absolute Gasteiger partial charge is 0.418 e. The molecular weight excluding hydrogens is 348 g/mol. The van der Waals surface area contributed by atoms with E-state index in [9.17, 15) is 18.0 Å². The fourth-order valence-electron chi connectivity index (χ4n) is 2.66. The van der Waals surface area contributed by atoms with Crippen LogP contribution in [0, 0.1) is 0 Å². The summed E-state index contributed by atoms with van der Waals surface area (Å²) in [5, 5.41) is 0.568. The van der Waals surface area contributed by atoms with Crippen molar-refractivity contribution in [2.45, 2.75) is 31.5 Å². The summed E-state index contributed by atoms with van der Waals surface area (Å²) in [6.07, 6.45) is 3.19. The molecule has 0 aliphatic carbocycles. The number of carbonyl (C=O) groups is 2. The van der Waals surface area contributed by atoms with Crippen LogP contribution in [0.15, 0.2) is 17.1 Å². The molecule has 1 unspecified atom stereocenters. The van der Waals surface area contributed by atoms with Crippen LogP contribution >= 0.6 is 0 Å². The third-order valence-electron chi connectivity index (χ3n) is 3.68. The molecule has 2 atom stereocenters. The molecule has 13 heteroatoms. The topological polar surface area (TPSA) is 152 Å². The number of piperidine rings is 1. The van der Waals surface area contributed by atoms with Gasteiger partial charge in [-0.3, -0.25) is 14.2 Å². The minimum Gasteiger partial charge on any atom is -0.451 e. The van der Waals surface area contributed by atoms with Crippen LogP contribution in [-0.2, 0) is 30.9 Å². The van der Waals surface area contributed by atoms with E-state index in [-0.39, 0.29) is 13.2 Å². The summed E-state index contributed by atoms with van der Waals surface area (Å²) in [5.74, 6) is -0.556. The number of aromatic nitrogens is 1. The highest BCUT2D eigenvalue weighted by atomic mass is 32.3. The van der Waals surface area contributed by atoms with Crippen LogP contribution < -0.4 is 5.48 Å². The average Bonchev–Trinajstić information content (AvgIpc) is 3.10. The van der Waals surface area contributed by atoms with Crippen LogP contribution in [0.3, 0.4) is 0 Å². The Hall–Kier alpha value is -2.22. The number of fused-ring (bicyclic) bond motifs is 2. The number of carbonyl (C=O) groups excluding carboxylic acids is 2. The van der Waals surface area contributed by atoms with Gasteiger partial charge in [-0.2, -0.15) is 13.5 Å². The Morgan fingerprint density at radius 1 is 1.50 bits per heavy atom. The van der Waals surface area contributed by atoms with E-state index in [1.54, 1.807) is 0 Å².